The number of nitrogens with zero attached hydrogens (tertiary/aromatic N) is 1. The molecular formula is C24H30Cl2N2O3. The molecule has 168 valence electrons. The summed E-state index contributed by atoms with van der Waals surface area (Å²) < 4.78 is 5.31. The van der Waals surface area contributed by atoms with Gasteiger partial charge in [0.05, 0.1) is 13.5 Å². The zero-order valence-corrected chi connectivity index (χ0v) is 20.0. The van der Waals surface area contributed by atoms with Crippen molar-refractivity contribution in [2.75, 3.05) is 7.11 Å². The molecule has 0 spiro atoms. The SMILES string of the molecule is CC[C@@H](C)NC(=O)[C@@H](CC)N(Cc1cccc(OC)c1)C(=O)Cc1c(Cl)cccc1Cl. The van der Waals surface area contributed by atoms with E-state index in [9.17, 15) is 9.59 Å². The van der Waals surface area contributed by atoms with Gasteiger partial charge in [0.15, 0.2) is 0 Å². The molecule has 0 aliphatic carbocycles. The van der Waals surface area contributed by atoms with Crippen molar-refractivity contribution in [3.8, 4) is 5.75 Å². The molecule has 2 rings (SSSR count). The number of rotatable bonds is 10. The lowest BCUT2D eigenvalue weighted by atomic mass is 10.1. The molecule has 0 heterocycles. The van der Waals surface area contributed by atoms with Crippen LogP contribution in [-0.4, -0.2) is 35.9 Å². The number of benzene rings is 2. The van der Waals surface area contributed by atoms with E-state index in [4.69, 9.17) is 27.9 Å². The van der Waals surface area contributed by atoms with Crippen molar-refractivity contribution < 1.29 is 14.3 Å². The molecule has 0 aliphatic rings. The van der Waals surface area contributed by atoms with Gasteiger partial charge in [-0.25, -0.2) is 0 Å². The van der Waals surface area contributed by atoms with Gasteiger partial charge in [-0.05, 0) is 55.2 Å². The number of hydrogen-bond donors (Lipinski definition) is 1. The molecule has 1 N–H and O–H groups in total. The average molecular weight is 465 g/mol. The van der Waals surface area contributed by atoms with Crippen molar-refractivity contribution in [1.29, 1.82) is 0 Å². The molecule has 0 bridgehead atoms. The molecule has 2 atom stereocenters. The number of amides is 2. The molecule has 2 aromatic rings. The number of halogens is 2. The molecule has 5 nitrogen and oxygen atoms in total. The third-order valence-electron chi connectivity index (χ3n) is 5.26. The number of carbonyl (C=O) groups is 2. The predicted octanol–water partition coefficient (Wildman–Crippen LogP) is 5.27. The quantitative estimate of drug-likeness (QED) is 0.520. The van der Waals surface area contributed by atoms with Crippen LogP contribution < -0.4 is 10.1 Å². The first-order valence-corrected chi connectivity index (χ1v) is 11.2. The molecule has 2 amide bonds. The van der Waals surface area contributed by atoms with Crippen LogP contribution in [0.2, 0.25) is 10.0 Å². The fourth-order valence-corrected chi connectivity index (χ4v) is 3.81. The lowest BCUT2D eigenvalue weighted by Crippen LogP contribution is -2.51. The Morgan fingerprint density at radius 3 is 2.29 bits per heavy atom. The summed E-state index contributed by atoms with van der Waals surface area (Å²) in [7, 11) is 1.59. The molecule has 0 unspecified atom stereocenters. The van der Waals surface area contributed by atoms with E-state index in [1.165, 1.54) is 0 Å². The molecule has 0 saturated carbocycles. The molecule has 0 fully saturated rings. The highest BCUT2D eigenvalue weighted by Crippen LogP contribution is 2.26. The Kier molecular flexibility index (Phi) is 9.66. The smallest absolute Gasteiger partial charge is 0.243 e. The second-order valence-corrected chi connectivity index (χ2v) is 8.31. The summed E-state index contributed by atoms with van der Waals surface area (Å²) in [5.74, 6) is 0.304. The van der Waals surface area contributed by atoms with E-state index in [2.05, 4.69) is 5.32 Å². The fraction of sp³-hybridized carbons (Fsp3) is 0.417. The number of hydrogen-bond acceptors (Lipinski definition) is 3. The second-order valence-electron chi connectivity index (χ2n) is 7.49. The van der Waals surface area contributed by atoms with Crippen LogP contribution in [0, 0.1) is 0 Å². The minimum Gasteiger partial charge on any atom is -0.497 e. The molecule has 2 aromatic carbocycles. The van der Waals surface area contributed by atoms with E-state index >= 15 is 0 Å². The monoisotopic (exact) mass is 464 g/mol. The summed E-state index contributed by atoms with van der Waals surface area (Å²) >= 11 is 12.6. The van der Waals surface area contributed by atoms with Gasteiger partial charge in [-0.1, -0.05) is 55.2 Å². The minimum absolute atomic E-state index is 0.00951. The van der Waals surface area contributed by atoms with Gasteiger partial charge in [0.2, 0.25) is 11.8 Å². The summed E-state index contributed by atoms with van der Waals surface area (Å²) in [5.41, 5.74) is 1.43. The van der Waals surface area contributed by atoms with Gasteiger partial charge in [0, 0.05) is 22.6 Å². The number of carbonyl (C=O) groups excluding carboxylic acids is 2. The first-order valence-electron chi connectivity index (χ1n) is 10.5. The first kappa shape index (κ1) is 25.0. The molecule has 0 radical (unpaired) electrons. The zero-order valence-electron chi connectivity index (χ0n) is 18.5. The standard InChI is InChI=1S/C24H30Cl2N2O3/c1-5-16(3)27-24(30)22(6-2)28(15-17-9-7-10-18(13-17)31-4)23(29)14-19-20(25)11-8-12-21(19)26/h7-13,16,22H,5-6,14-15H2,1-4H3,(H,27,30)/t16-,22-/m1/s1. The van der Waals surface area contributed by atoms with Crippen molar-refractivity contribution in [1.82, 2.24) is 10.2 Å². The molecule has 7 heteroatoms. The number of nitrogens with one attached hydrogen (secondary N) is 1. The second kappa shape index (κ2) is 12.0. The lowest BCUT2D eigenvalue weighted by Gasteiger charge is -2.32. The Morgan fingerprint density at radius 2 is 1.71 bits per heavy atom. The highest BCUT2D eigenvalue weighted by Gasteiger charge is 2.30. The molecule has 0 saturated heterocycles. The van der Waals surface area contributed by atoms with Crippen molar-refractivity contribution >= 4 is 35.0 Å². The summed E-state index contributed by atoms with van der Waals surface area (Å²) in [6.07, 6.45) is 1.30. The van der Waals surface area contributed by atoms with Crippen molar-refractivity contribution in [3.63, 3.8) is 0 Å². The van der Waals surface area contributed by atoms with E-state index in [1.54, 1.807) is 30.2 Å². The van der Waals surface area contributed by atoms with Gasteiger partial charge in [0.1, 0.15) is 11.8 Å². The fourth-order valence-electron chi connectivity index (χ4n) is 3.28. The summed E-state index contributed by atoms with van der Waals surface area (Å²) in [6.45, 7) is 6.12. The Bertz CT molecular complexity index is 884. The van der Waals surface area contributed by atoms with Crippen LogP contribution >= 0.6 is 23.2 Å². The maximum Gasteiger partial charge on any atom is 0.243 e. The van der Waals surface area contributed by atoms with E-state index in [1.807, 2.05) is 45.0 Å². The number of methoxy groups -OCH3 is 1. The summed E-state index contributed by atoms with van der Waals surface area (Å²) in [4.78, 5) is 28.0. The largest absolute Gasteiger partial charge is 0.497 e. The highest BCUT2D eigenvalue weighted by atomic mass is 35.5. The van der Waals surface area contributed by atoms with Crippen molar-refractivity contribution in [2.45, 2.75) is 58.7 Å². The molecule has 0 aliphatic heterocycles. The lowest BCUT2D eigenvalue weighted by molar-refractivity contribution is -0.141. The Hall–Kier alpha value is -2.24. The van der Waals surface area contributed by atoms with Crippen LogP contribution in [0.5, 0.6) is 5.75 Å². The summed E-state index contributed by atoms with van der Waals surface area (Å²) in [6, 6.07) is 12.0. The highest BCUT2D eigenvalue weighted by molar-refractivity contribution is 6.36. The van der Waals surface area contributed by atoms with Crippen LogP contribution in [0.3, 0.4) is 0 Å². The van der Waals surface area contributed by atoms with E-state index in [-0.39, 0.29) is 30.8 Å². The molecular weight excluding hydrogens is 435 g/mol. The van der Waals surface area contributed by atoms with Crippen molar-refractivity contribution in [2.24, 2.45) is 0 Å². The normalized spacial score (nSPS) is 12.7. The first-order chi connectivity index (χ1) is 14.8. The van der Waals surface area contributed by atoms with Gasteiger partial charge < -0.3 is 15.0 Å². The zero-order chi connectivity index (χ0) is 23.0. The van der Waals surface area contributed by atoms with Gasteiger partial charge in [-0.3, -0.25) is 9.59 Å². The van der Waals surface area contributed by atoms with Gasteiger partial charge in [-0.15, -0.1) is 0 Å². The Labute approximate surface area is 194 Å². The molecule has 31 heavy (non-hydrogen) atoms. The van der Waals surface area contributed by atoms with Gasteiger partial charge >= 0.3 is 0 Å². The van der Waals surface area contributed by atoms with E-state index in [0.29, 0.717) is 27.8 Å². The van der Waals surface area contributed by atoms with E-state index in [0.717, 1.165) is 12.0 Å². The van der Waals surface area contributed by atoms with Crippen LogP contribution in [0.1, 0.15) is 44.7 Å². The van der Waals surface area contributed by atoms with Crippen molar-refractivity contribution in [3.05, 3.63) is 63.6 Å². The van der Waals surface area contributed by atoms with Gasteiger partial charge in [-0.2, -0.15) is 0 Å². The van der Waals surface area contributed by atoms with E-state index < -0.39 is 6.04 Å². The Morgan fingerprint density at radius 1 is 1.06 bits per heavy atom. The molecule has 0 aromatic heterocycles. The van der Waals surface area contributed by atoms with Crippen LogP contribution in [0.15, 0.2) is 42.5 Å². The van der Waals surface area contributed by atoms with Crippen LogP contribution in [0.4, 0.5) is 0 Å². The third-order valence-corrected chi connectivity index (χ3v) is 5.97. The minimum atomic E-state index is -0.617. The summed E-state index contributed by atoms with van der Waals surface area (Å²) in [5, 5.41) is 3.86. The topological polar surface area (TPSA) is 58.6 Å². The maximum atomic E-state index is 13.4. The maximum absolute atomic E-state index is 13.4. The Balaban J connectivity index is 2.37. The van der Waals surface area contributed by atoms with Gasteiger partial charge in [0.25, 0.3) is 0 Å². The van der Waals surface area contributed by atoms with Crippen LogP contribution in [-0.2, 0) is 22.6 Å². The predicted molar refractivity (Wildman–Crippen MR) is 126 cm³/mol. The third kappa shape index (κ3) is 6.88. The van der Waals surface area contributed by atoms with Crippen LogP contribution in [0.25, 0.3) is 0 Å². The number of ether oxygens (including phenoxy) is 1. The average Bonchev–Trinajstić information content (AvgIpc) is 2.76.